The molecule has 1 aliphatic rings. The number of urea groups is 1. The number of aromatic nitrogens is 6. The minimum atomic E-state index is -0.404. The van der Waals surface area contributed by atoms with Crippen molar-refractivity contribution in [1.82, 2.24) is 30.2 Å². The van der Waals surface area contributed by atoms with Crippen molar-refractivity contribution in [3.63, 3.8) is 0 Å². The molecule has 2 aromatic carbocycles. The molecule has 0 unspecified atom stereocenters. The van der Waals surface area contributed by atoms with E-state index in [4.69, 9.17) is 9.47 Å². The molecule has 0 radical (unpaired) electrons. The van der Waals surface area contributed by atoms with Gasteiger partial charge in [-0.25, -0.2) is 9.78 Å². The zero-order chi connectivity index (χ0) is 28.4. The minimum absolute atomic E-state index is 0.231. The monoisotopic (exact) mass is 542 g/mol. The molecule has 14 heteroatoms. The third-order valence-electron chi connectivity index (χ3n) is 6.13. The van der Waals surface area contributed by atoms with E-state index in [0.717, 1.165) is 11.6 Å². The Labute approximate surface area is 229 Å². The molecule has 4 aromatic rings. The maximum Gasteiger partial charge on any atom is 0.330 e. The molecular formula is C26H26N10O4. The van der Waals surface area contributed by atoms with Crippen LogP contribution >= 0.6 is 0 Å². The zero-order valence-corrected chi connectivity index (χ0v) is 22.2. The number of rotatable bonds is 8. The van der Waals surface area contributed by atoms with Gasteiger partial charge in [-0.15, -0.1) is 10.2 Å². The molecule has 0 aliphatic carbocycles. The van der Waals surface area contributed by atoms with E-state index in [0.29, 0.717) is 45.8 Å². The molecule has 2 aromatic heterocycles. The molecule has 204 valence electrons. The summed E-state index contributed by atoms with van der Waals surface area (Å²) in [7, 11) is 6.40. The summed E-state index contributed by atoms with van der Waals surface area (Å²) in [4.78, 5) is 38.9. The SMILES string of the molecule is C=CC(=O)Nc1cc(-c2nnn(C)n2)ccc1Nc1ncc2c(n1)N(C)C(=O)N(c1cc(OC)cc(OC)c1)C2. The fourth-order valence-corrected chi connectivity index (χ4v) is 4.12. The van der Waals surface area contributed by atoms with Crippen molar-refractivity contribution in [2.45, 2.75) is 6.54 Å². The molecular weight excluding hydrogens is 516 g/mol. The molecule has 14 nitrogen and oxygen atoms in total. The maximum absolute atomic E-state index is 13.4. The van der Waals surface area contributed by atoms with Gasteiger partial charge in [-0.05, 0) is 29.5 Å². The van der Waals surface area contributed by atoms with Gasteiger partial charge < -0.3 is 20.1 Å². The summed E-state index contributed by atoms with van der Waals surface area (Å²) in [5.74, 6) is 1.79. The quantitative estimate of drug-likeness (QED) is 0.318. The molecule has 5 rings (SSSR count). The number of aryl methyl sites for hydroxylation is 1. The van der Waals surface area contributed by atoms with Gasteiger partial charge >= 0.3 is 6.03 Å². The van der Waals surface area contributed by atoms with Gasteiger partial charge in [-0.3, -0.25) is 14.6 Å². The molecule has 0 fully saturated rings. The number of benzene rings is 2. The van der Waals surface area contributed by atoms with Crippen LogP contribution in [0.1, 0.15) is 5.56 Å². The van der Waals surface area contributed by atoms with Gasteiger partial charge in [-0.1, -0.05) is 6.58 Å². The zero-order valence-electron chi connectivity index (χ0n) is 22.2. The number of methoxy groups -OCH3 is 2. The van der Waals surface area contributed by atoms with Crippen LogP contribution in [0.25, 0.3) is 11.4 Å². The van der Waals surface area contributed by atoms with Crippen molar-refractivity contribution in [2.75, 3.05) is 41.7 Å². The van der Waals surface area contributed by atoms with E-state index in [1.165, 1.54) is 9.70 Å². The topological polar surface area (TPSA) is 153 Å². The number of nitrogens with one attached hydrogen (secondary N) is 2. The second-order valence-electron chi connectivity index (χ2n) is 8.72. The second kappa shape index (κ2) is 10.7. The number of hydrogen-bond donors (Lipinski definition) is 2. The first-order chi connectivity index (χ1) is 19.3. The van der Waals surface area contributed by atoms with Crippen LogP contribution in [0.15, 0.2) is 55.3 Å². The molecule has 3 heterocycles. The van der Waals surface area contributed by atoms with Crippen molar-refractivity contribution in [1.29, 1.82) is 0 Å². The third kappa shape index (κ3) is 5.09. The van der Waals surface area contributed by atoms with E-state index in [1.54, 1.807) is 75.8 Å². The van der Waals surface area contributed by atoms with Crippen LogP contribution in [0.3, 0.4) is 0 Å². The Bertz CT molecular complexity index is 1600. The number of anilines is 5. The first-order valence-corrected chi connectivity index (χ1v) is 12.0. The Morgan fingerprint density at radius 1 is 1.07 bits per heavy atom. The molecule has 1 aliphatic heterocycles. The molecule has 0 spiro atoms. The molecule has 0 saturated carbocycles. The molecule has 3 amide bonds. The van der Waals surface area contributed by atoms with Crippen LogP contribution in [0, 0.1) is 0 Å². The highest BCUT2D eigenvalue weighted by atomic mass is 16.5. The summed E-state index contributed by atoms with van der Waals surface area (Å²) in [6.45, 7) is 3.76. The van der Waals surface area contributed by atoms with Crippen LogP contribution in [0.4, 0.5) is 33.6 Å². The fraction of sp³-hybridized carbons (Fsp3) is 0.192. The van der Waals surface area contributed by atoms with Crippen LogP contribution in [-0.2, 0) is 18.4 Å². The Morgan fingerprint density at radius 2 is 1.82 bits per heavy atom. The van der Waals surface area contributed by atoms with Crippen molar-refractivity contribution >= 4 is 40.8 Å². The number of ether oxygens (including phenoxy) is 2. The predicted octanol–water partition coefficient (Wildman–Crippen LogP) is 3.13. The lowest BCUT2D eigenvalue weighted by molar-refractivity contribution is -0.111. The standard InChI is InChI=1S/C26H26N10O4/c1-6-22(37)28-21-9-15(23-31-33-35(3)32-23)7-8-20(21)29-25-27-13-16-14-36(26(38)34(2)24(16)30-25)17-10-18(39-4)12-19(11-17)40-5/h6-13H,1,14H2,2-5H3,(H,28,37)(H,27,29,30). The Hall–Kier alpha value is -5.53. The first kappa shape index (κ1) is 26.1. The number of carbonyl (C=O) groups is 2. The van der Waals surface area contributed by atoms with Gasteiger partial charge in [0.05, 0.1) is 44.9 Å². The van der Waals surface area contributed by atoms with Gasteiger partial charge in [0.1, 0.15) is 17.3 Å². The average molecular weight is 543 g/mol. The van der Waals surface area contributed by atoms with Crippen LogP contribution in [0.2, 0.25) is 0 Å². The Kier molecular flexibility index (Phi) is 6.97. The Balaban J connectivity index is 1.44. The van der Waals surface area contributed by atoms with Crippen molar-refractivity contribution in [3.8, 4) is 22.9 Å². The van der Waals surface area contributed by atoms with Crippen molar-refractivity contribution in [2.24, 2.45) is 7.05 Å². The molecule has 0 atom stereocenters. The second-order valence-corrected chi connectivity index (χ2v) is 8.72. The van der Waals surface area contributed by atoms with Gasteiger partial charge in [0, 0.05) is 42.6 Å². The van der Waals surface area contributed by atoms with Gasteiger partial charge in [0.25, 0.3) is 0 Å². The summed E-state index contributed by atoms with van der Waals surface area (Å²) in [5.41, 5.74) is 2.93. The smallest absolute Gasteiger partial charge is 0.330 e. The third-order valence-corrected chi connectivity index (χ3v) is 6.13. The number of amides is 3. The van der Waals surface area contributed by atoms with Gasteiger partial charge in [-0.2, -0.15) is 9.78 Å². The maximum atomic E-state index is 13.4. The van der Waals surface area contributed by atoms with Crippen LogP contribution < -0.4 is 29.9 Å². The van der Waals surface area contributed by atoms with E-state index in [2.05, 4.69) is 42.6 Å². The van der Waals surface area contributed by atoms with Gasteiger partial charge in [0.15, 0.2) is 0 Å². The minimum Gasteiger partial charge on any atom is -0.497 e. The van der Waals surface area contributed by atoms with Crippen LogP contribution in [-0.4, -0.2) is 63.4 Å². The molecule has 0 saturated heterocycles. The predicted molar refractivity (Wildman–Crippen MR) is 148 cm³/mol. The summed E-state index contributed by atoms with van der Waals surface area (Å²) < 4.78 is 10.7. The highest BCUT2D eigenvalue weighted by Gasteiger charge is 2.31. The van der Waals surface area contributed by atoms with Crippen LogP contribution in [0.5, 0.6) is 11.5 Å². The fourth-order valence-electron chi connectivity index (χ4n) is 4.12. The summed E-state index contributed by atoms with van der Waals surface area (Å²) in [5, 5.41) is 18.0. The Morgan fingerprint density at radius 3 is 2.48 bits per heavy atom. The van der Waals surface area contributed by atoms with Crippen molar-refractivity contribution < 1.29 is 19.1 Å². The van der Waals surface area contributed by atoms with E-state index in [9.17, 15) is 9.59 Å². The lowest BCUT2D eigenvalue weighted by Gasteiger charge is -2.34. The van der Waals surface area contributed by atoms with Gasteiger partial charge in [0.2, 0.25) is 17.7 Å². The first-order valence-electron chi connectivity index (χ1n) is 12.0. The van der Waals surface area contributed by atoms with E-state index in [-0.39, 0.29) is 18.5 Å². The number of carbonyl (C=O) groups excluding carboxylic acids is 2. The highest BCUT2D eigenvalue weighted by molar-refractivity contribution is 6.05. The molecule has 0 bridgehead atoms. The van der Waals surface area contributed by atoms with E-state index < -0.39 is 5.91 Å². The number of nitrogens with zero attached hydrogens (tertiary/aromatic N) is 8. The average Bonchev–Trinajstić information content (AvgIpc) is 3.41. The summed E-state index contributed by atoms with van der Waals surface area (Å²) >= 11 is 0. The number of tetrazole rings is 1. The summed E-state index contributed by atoms with van der Waals surface area (Å²) in [6.07, 6.45) is 2.81. The number of fused-ring (bicyclic) bond motifs is 1. The largest absolute Gasteiger partial charge is 0.497 e. The van der Waals surface area contributed by atoms with Crippen molar-refractivity contribution in [3.05, 3.63) is 60.8 Å². The van der Waals surface area contributed by atoms with E-state index in [1.807, 2.05) is 0 Å². The lowest BCUT2D eigenvalue weighted by atomic mass is 10.1. The lowest BCUT2D eigenvalue weighted by Crippen LogP contribution is -2.46. The summed E-state index contributed by atoms with van der Waals surface area (Å²) in [6, 6.07) is 10.2. The van der Waals surface area contributed by atoms with E-state index >= 15 is 0 Å². The highest BCUT2D eigenvalue weighted by Crippen LogP contribution is 2.35. The molecule has 40 heavy (non-hydrogen) atoms. The number of hydrogen-bond acceptors (Lipinski definition) is 10. The normalized spacial score (nSPS) is 12.6. The molecule has 2 N–H and O–H groups in total.